The predicted octanol–water partition coefficient (Wildman–Crippen LogP) is 0.341. The summed E-state index contributed by atoms with van der Waals surface area (Å²) < 4.78 is 23.0. The summed E-state index contributed by atoms with van der Waals surface area (Å²) in [4.78, 5) is 12.2. The Bertz CT molecular complexity index is 413. The van der Waals surface area contributed by atoms with E-state index in [9.17, 15) is 13.2 Å². The van der Waals surface area contributed by atoms with E-state index in [4.69, 9.17) is 5.73 Å². The first-order valence-corrected chi connectivity index (χ1v) is 8.54. The van der Waals surface area contributed by atoms with E-state index in [-0.39, 0.29) is 23.5 Å². The molecule has 5 nitrogen and oxygen atoms in total. The van der Waals surface area contributed by atoms with Gasteiger partial charge in [-0.25, -0.2) is 8.42 Å². The third-order valence-electron chi connectivity index (χ3n) is 4.00. The van der Waals surface area contributed by atoms with Crippen molar-refractivity contribution >= 4 is 15.7 Å². The van der Waals surface area contributed by atoms with Gasteiger partial charge in [0, 0.05) is 6.04 Å². The molecule has 1 saturated carbocycles. The van der Waals surface area contributed by atoms with E-state index in [0.717, 1.165) is 25.7 Å². The standard InChI is InChI=1S/C12H22N2O3S/c13-12(6-2-1-3-7-12)11(15)14-10-5-4-8-18(16,17)9-10/h10H,1-9,13H2,(H,14,15). The molecule has 18 heavy (non-hydrogen) atoms. The lowest BCUT2D eigenvalue weighted by molar-refractivity contribution is -0.128. The third kappa shape index (κ3) is 3.23. The molecule has 1 atom stereocenters. The van der Waals surface area contributed by atoms with Crippen LogP contribution in [0.1, 0.15) is 44.9 Å². The zero-order chi connectivity index (χ0) is 13.2. The van der Waals surface area contributed by atoms with Crippen molar-refractivity contribution in [2.45, 2.75) is 56.5 Å². The Labute approximate surface area is 108 Å². The molecule has 0 spiro atoms. The summed E-state index contributed by atoms with van der Waals surface area (Å²) in [6.45, 7) is 0. The van der Waals surface area contributed by atoms with Crippen LogP contribution in [0.4, 0.5) is 0 Å². The van der Waals surface area contributed by atoms with Crippen molar-refractivity contribution in [3.05, 3.63) is 0 Å². The van der Waals surface area contributed by atoms with Crippen LogP contribution in [0.3, 0.4) is 0 Å². The van der Waals surface area contributed by atoms with Crippen molar-refractivity contribution < 1.29 is 13.2 Å². The minimum atomic E-state index is -2.98. The van der Waals surface area contributed by atoms with Crippen LogP contribution < -0.4 is 11.1 Å². The fourth-order valence-electron chi connectivity index (χ4n) is 2.88. The zero-order valence-corrected chi connectivity index (χ0v) is 11.5. The van der Waals surface area contributed by atoms with Gasteiger partial charge in [0.1, 0.15) is 0 Å². The zero-order valence-electron chi connectivity index (χ0n) is 10.7. The highest BCUT2D eigenvalue weighted by Gasteiger charge is 2.37. The number of rotatable bonds is 2. The molecular weight excluding hydrogens is 252 g/mol. The van der Waals surface area contributed by atoms with Gasteiger partial charge in [0.2, 0.25) is 5.91 Å². The van der Waals surface area contributed by atoms with Gasteiger partial charge >= 0.3 is 0 Å². The average Bonchev–Trinajstić information content (AvgIpc) is 2.28. The number of carbonyl (C=O) groups excluding carboxylic acids is 1. The van der Waals surface area contributed by atoms with Gasteiger partial charge in [-0.05, 0) is 25.7 Å². The quantitative estimate of drug-likeness (QED) is 0.760. The Kier molecular flexibility index (Phi) is 3.96. The molecular formula is C12H22N2O3S. The van der Waals surface area contributed by atoms with Crippen LogP contribution in [0.2, 0.25) is 0 Å². The molecule has 1 amide bonds. The molecule has 2 fully saturated rings. The summed E-state index contributed by atoms with van der Waals surface area (Å²) in [5, 5.41) is 2.84. The number of nitrogens with two attached hydrogens (primary N) is 1. The highest BCUT2D eigenvalue weighted by Crippen LogP contribution is 2.26. The molecule has 1 aliphatic heterocycles. The largest absolute Gasteiger partial charge is 0.351 e. The highest BCUT2D eigenvalue weighted by atomic mass is 32.2. The van der Waals surface area contributed by atoms with Crippen molar-refractivity contribution in [1.29, 1.82) is 0 Å². The van der Waals surface area contributed by atoms with E-state index in [2.05, 4.69) is 5.32 Å². The van der Waals surface area contributed by atoms with Gasteiger partial charge < -0.3 is 11.1 Å². The second kappa shape index (κ2) is 5.17. The number of nitrogens with one attached hydrogen (secondary N) is 1. The molecule has 0 bridgehead atoms. The Hall–Kier alpha value is -0.620. The first-order valence-electron chi connectivity index (χ1n) is 6.72. The lowest BCUT2D eigenvalue weighted by Crippen LogP contribution is -2.58. The molecule has 0 aromatic carbocycles. The molecule has 1 unspecified atom stereocenters. The molecule has 2 aliphatic rings. The summed E-state index contributed by atoms with van der Waals surface area (Å²) in [6, 6.07) is -0.251. The lowest BCUT2D eigenvalue weighted by Gasteiger charge is -2.34. The summed E-state index contributed by atoms with van der Waals surface area (Å²) >= 11 is 0. The monoisotopic (exact) mass is 274 g/mol. The molecule has 0 aromatic rings. The van der Waals surface area contributed by atoms with Crippen LogP contribution in [0.5, 0.6) is 0 Å². The SMILES string of the molecule is NC1(C(=O)NC2CCCS(=O)(=O)C2)CCCCC1. The van der Waals surface area contributed by atoms with Crippen LogP contribution in [-0.2, 0) is 14.6 Å². The van der Waals surface area contributed by atoms with E-state index >= 15 is 0 Å². The van der Waals surface area contributed by atoms with E-state index in [0.29, 0.717) is 19.3 Å². The predicted molar refractivity (Wildman–Crippen MR) is 69.8 cm³/mol. The first-order chi connectivity index (χ1) is 8.41. The fourth-order valence-corrected chi connectivity index (χ4v) is 4.51. The Morgan fingerprint density at radius 3 is 2.44 bits per heavy atom. The third-order valence-corrected chi connectivity index (χ3v) is 5.82. The smallest absolute Gasteiger partial charge is 0.240 e. The van der Waals surface area contributed by atoms with Crippen molar-refractivity contribution in [2.75, 3.05) is 11.5 Å². The molecule has 104 valence electrons. The second-order valence-corrected chi connectivity index (χ2v) is 7.87. The minimum absolute atomic E-state index is 0.0643. The number of amides is 1. The molecule has 0 radical (unpaired) electrons. The van der Waals surface area contributed by atoms with Crippen LogP contribution >= 0.6 is 0 Å². The van der Waals surface area contributed by atoms with Gasteiger partial charge in [0.15, 0.2) is 9.84 Å². The summed E-state index contributed by atoms with van der Waals surface area (Å²) in [5.41, 5.74) is 5.35. The van der Waals surface area contributed by atoms with E-state index in [1.807, 2.05) is 0 Å². The van der Waals surface area contributed by atoms with Crippen LogP contribution in [-0.4, -0.2) is 37.4 Å². The topological polar surface area (TPSA) is 89.3 Å². The summed E-state index contributed by atoms with van der Waals surface area (Å²) in [6.07, 6.45) is 5.87. The lowest BCUT2D eigenvalue weighted by atomic mass is 9.81. The van der Waals surface area contributed by atoms with Gasteiger partial charge in [-0.1, -0.05) is 19.3 Å². The van der Waals surface area contributed by atoms with Crippen molar-refractivity contribution in [1.82, 2.24) is 5.32 Å². The van der Waals surface area contributed by atoms with E-state index in [1.165, 1.54) is 0 Å². The molecule has 2 rings (SSSR count). The summed E-state index contributed by atoms with van der Waals surface area (Å²) in [5.74, 6) is 0.145. The van der Waals surface area contributed by atoms with Gasteiger partial charge in [-0.3, -0.25) is 4.79 Å². The van der Waals surface area contributed by atoms with Crippen molar-refractivity contribution in [3.8, 4) is 0 Å². The maximum Gasteiger partial charge on any atom is 0.240 e. The molecule has 6 heteroatoms. The maximum atomic E-state index is 12.2. The normalized spacial score (nSPS) is 30.6. The van der Waals surface area contributed by atoms with Crippen LogP contribution in [0.15, 0.2) is 0 Å². The number of carbonyl (C=O) groups is 1. The first kappa shape index (κ1) is 13.8. The van der Waals surface area contributed by atoms with Crippen molar-refractivity contribution in [3.63, 3.8) is 0 Å². The van der Waals surface area contributed by atoms with Crippen molar-refractivity contribution in [2.24, 2.45) is 5.73 Å². The second-order valence-electron chi connectivity index (χ2n) is 5.64. The number of hydrogen-bond acceptors (Lipinski definition) is 4. The summed E-state index contributed by atoms with van der Waals surface area (Å²) in [7, 11) is -2.98. The Morgan fingerprint density at radius 2 is 1.83 bits per heavy atom. The molecule has 1 aliphatic carbocycles. The molecule has 3 N–H and O–H groups in total. The van der Waals surface area contributed by atoms with E-state index in [1.54, 1.807) is 0 Å². The van der Waals surface area contributed by atoms with Gasteiger partial charge in [-0.2, -0.15) is 0 Å². The van der Waals surface area contributed by atoms with Gasteiger partial charge in [0.25, 0.3) is 0 Å². The van der Waals surface area contributed by atoms with Crippen LogP contribution in [0, 0.1) is 0 Å². The fraction of sp³-hybridized carbons (Fsp3) is 0.917. The maximum absolute atomic E-state index is 12.2. The molecule has 1 saturated heterocycles. The van der Waals surface area contributed by atoms with Crippen LogP contribution in [0.25, 0.3) is 0 Å². The molecule has 1 heterocycles. The average molecular weight is 274 g/mol. The van der Waals surface area contributed by atoms with E-state index < -0.39 is 15.4 Å². The number of hydrogen-bond donors (Lipinski definition) is 2. The highest BCUT2D eigenvalue weighted by molar-refractivity contribution is 7.91. The Morgan fingerprint density at radius 1 is 1.17 bits per heavy atom. The van der Waals surface area contributed by atoms with Gasteiger partial charge in [-0.15, -0.1) is 0 Å². The molecule has 0 aromatic heterocycles. The van der Waals surface area contributed by atoms with Gasteiger partial charge in [0.05, 0.1) is 17.0 Å². The Balaban J connectivity index is 1.94. The number of sulfone groups is 1. The minimum Gasteiger partial charge on any atom is -0.351 e.